The van der Waals surface area contributed by atoms with Crippen LogP contribution >= 0.6 is 0 Å². The Bertz CT molecular complexity index is 1210. The molecule has 0 saturated carbocycles. The average molecular weight is 394 g/mol. The van der Waals surface area contributed by atoms with E-state index in [-0.39, 0.29) is 30.9 Å². The number of nitrogens with one attached hydrogen (secondary N) is 1. The van der Waals surface area contributed by atoms with Gasteiger partial charge in [-0.3, -0.25) is 33.8 Å². The van der Waals surface area contributed by atoms with E-state index in [9.17, 15) is 19.2 Å². The molecule has 2 aromatic heterocycles. The van der Waals surface area contributed by atoms with Gasteiger partial charge in [0.15, 0.2) is 0 Å². The smallest absolute Gasteiger partial charge is 0.329 e. The second kappa shape index (κ2) is 7.01. The lowest BCUT2D eigenvalue weighted by Crippen LogP contribution is -2.44. The largest absolute Gasteiger partial charge is 0.481 e. The van der Waals surface area contributed by atoms with Crippen LogP contribution in [0.3, 0.4) is 0 Å². The van der Waals surface area contributed by atoms with Crippen LogP contribution in [0.5, 0.6) is 0 Å². The van der Waals surface area contributed by atoms with Crippen molar-refractivity contribution in [1.82, 2.24) is 19.4 Å². The normalized spacial score (nSPS) is 16.8. The summed E-state index contributed by atoms with van der Waals surface area (Å²) < 4.78 is 2.83. The molecular weight excluding hydrogens is 376 g/mol. The Morgan fingerprint density at radius 1 is 1.21 bits per heavy atom. The van der Waals surface area contributed by atoms with Gasteiger partial charge in [0.25, 0.3) is 0 Å². The number of fused-ring (bicyclic) bond motifs is 1. The third-order valence-corrected chi connectivity index (χ3v) is 5.10. The van der Waals surface area contributed by atoms with Crippen LogP contribution in [0.15, 0.2) is 41.3 Å². The lowest BCUT2D eigenvalue weighted by atomic mass is 10.1. The number of benzene rings is 1. The van der Waals surface area contributed by atoms with Gasteiger partial charge in [-0.15, -0.1) is 0 Å². The Morgan fingerprint density at radius 2 is 1.93 bits per heavy atom. The maximum absolute atomic E-state index is 12.8. The third-order valence-electron chi connectivity index (χ3n) is 5.10. The van der Waals surface area contributed by atoms with Crippen LogP contribution in [0.1, 0.15) is 24.4 Å². The van der Waals surface area contributed by atoms with Crippen molar-refractivity contribution in [3.63, 3.8) is 0 Å². The highest BCUT2D eigenvalue weighted by molar-refractivity contribution is 6.00. The number of carboxylic acids is 1. The number of carboxylic acid groups (broad SMARTS) is 1. The number of piperidine rings is 1. The maximum atomic E-state index is 12.8. The molecule has 1 fully saturated rings. The summed E-state index contributed by atoms with van der Waals surface area (Å²) in [5.74, 6) is -1.73. The van der Waals surface area contributed by atoms with Crippen molar-refractivity contribution < 1.29 is 19.5 Å². The van der Waals surface area contributed by atoms with Crippen LogP contribution in [0.2, 0.25) is 0 Å². The van der Waals surface area contributed by atoms with E-state index >= 15 is 0 Å². The second-order valence-electron chi connectivity index (χ2n) is 7.00. The van der Waals surface area contributed by atoms with Crippen molar-refractivity contribution in [2.24, 2.45) is 7.05 Å². The quantitative estimate of drug-likeness (QED) is 0.637. The van der Waals surface area contributed by atoms with Crippen LogP contribution in [-0.4, -0.2) is 37.0 Å². The number of aromatic nitrogens is 3. The molecule has 0 spiro atoms. The number of aliphatic carboxylic acids is 1. The first-order valence-electron chi connectivity index (χ1n) is 9.07. The highest BCUT2D eigenvalue weighted by atomic mass is 16.4. The number of carbonyl (C=O) groups excluding carboxylic acids is 2. The number of pyridine rings is 1. The number of hydrogen-bond donors (Lipinski definition) is 2. The SMILES string of the molecule is Cn1c(=O)n(C2CCC(=O)NC2=O)c2cnc(-c3ccc(CC(=O)O)cc3)cc21. The Morgan fingerprint density at radius 3 is 2.59 bits per heavy atom. The minimum atomic E-state index is -0.901. The summed E-state index contributed by atoms with van der Waals surface area (Å²) in [5, 5.41) is 11.2. The Labute approximate surface area is 164 Å². The molecule has 1 aliphatic rings. The minimum absolute atomic E-state index is 0.0595. The fourth-order valence-corrected chi connectivity index (χ4v) is 3.62. The molecule has 1 saturated heterocycles. The van der Waals surface area contributed by atoms with Gasteiger partial charge in [-0.1, -0.05) is 24.3 Å². The first-order chi connectivity index (χ1) is 13.8. The van der Waals surface area contributed by atoms with Crippen molar-refractivity contribution in [2.45, 2.75) is 25.3 Å². The zero-order chi connectivity index (χ0) is 20.7. The van der Waals surface area contributed by atoms with Crippen LogP contribution < -0.4 is 11.0 Å². The molecule has 29 heavy (non-hydrogen) atoms. The van der Waals surface area contributed by atoms with Gasteiger partial charge in [0.2, 0.25) is 11.8 Å². The summed E-state index contributed by atoms with van der Waals surface area (Å²) in [4.78, 5) is 51.7. The zero-order valence-electron chi connectivity index (χ0n) is 15.6. The third kappa shape index (κ3) is 3.31. The molecule has 148 valence electrons. The van der Waals surface area contributed by atoms with E-state index in [1.54, 1.807) is 43.6 Å². The molecule has 1 aliphatic heterocycles. The van der Waals surface area contributed by atoms with Gasteiger partial charge in [0, 0.05) is 19.0 Å². The predicted octanol–water partition coefficient (Wildman–Crippen LogP) is 1.01. The van der Waals surface area contributed by atoms with Crippen LogP contribution in [0.25, 0.3) is 22.3 Å². The van der Waals surface area contributed by atoms with Crippen molar-refractivity contribution >= 4 is 28.8 Å². The highest BCUT2D eigenvalue weighted by Crippen LogP contribution is 2.26. The van der Waals surface area contributed by atoms with Gasteiger partial charge in [0.1, 0.15) is 6.04 Å². The van der Waals surface area contributed by atoms with Gasteiger partial charge in [-0.2, -0.15) is 0 Å². The summed E-state index contributed by atoms with van der Waals surface area (Å²) in [6.45, 7) is 0. The van der Waals surface area contributed by atoms with Gasteiger partial charge in [-0.25, -0.2) is 4.79 Å². The van der Waals surface area contributed by atoms with Gasteiger partial charge >= 0.3 is 11.7 Å². The molecule has 1 unspecified atom stereocenters. The molecular formula is C20H18N4O5. The minimum Gasteiger partial charge on any atom is -0.481 e. The lowest BCUT2D eigenvalue weighted by Gasteiger charge is -2.21. The van der Waals surface area contributed by atoms with Crippen molar-refractivity contribution in [1.29, 1.82) is 0 Å². The number of aryl methyl sites for hydroxylation is 1. The summed E-state index contributed by atoms with van der Waals surface area (Å²) in [7, 11) is 1.62. The summed E-state index contributed by atoms with van der Waals surface area (Å²) in [5.41, 5.74) is 2.85. The van der Waals surface area contributed by atoms with E-state index in [0.717, 1.165) is 5.56 Å². The molecule has 4 rings (SSSR count). The standard InChI is InChI=1S/C20H18N4O5/c1-23-15-9-13(12-4-2-11(3-5-12)8-18(26)27)21-10-16(15)24(20(23)29)14-6-7-17(25)22-19(14)28/h2-5,9-10,14H,6-8H2,1H3,(H,26,27)(H,22,25,28). The number of imide groups is 1. The number of amides is 2. The number of hydrogen-bond acceptors (Lipinski definition) is 5. The maximum Gasteiger partial charge on any atom is 0.329 e. The molecule has 1 atom stereocenters. The second-order valence-corrected chi connectivity index (χ2v) is 7.00. The first-order valence-corrected chi connectivity index (χ1v) is 9.07. The van der Waals surface area contributed by atoms with Gasteiger partial charge in [-0.05, 0) is 18.1 Å². The summed E-state index contributed by atoms with van der Waals surface area (Å²) >= 11 is 0. The highest BCUT2D eigenvalue weighted by Gasteiger charge is 2.31. The van der Waals surface area contributed by atoms with Crippen molar-refractivity contribution in [3.05, 3.63) is 52.6 Å². The molecule has 3 heterocycles. The fourth-order valence-electron chi connectivity index (χ4n) is 3.62. The zero-order valence-corrected chi connectivity index (χ0v) is 15.6. The number of carbonyl (C=O) groups is 3. The number of rotatable bonds is 4. The fraction of sp³-hybridized carbons (Fsp3) is 0.250. The van der Waals surface area contributed by atoms with Crippen LogP contribution in [0.4, 0.5) is 0 Å². The molecule has 3 aromatic rings. The first kappa shape index (κ1) is 18.6. The molecule has 0 aliphatic carbocycles. The van der Waals surface area contributed by atoms with Crippen molar-refractivity contribution in [3.8, 4) is 11.3 Å². The molecule has 0 radical (unpaired) electrons. The lowest BCUT2D eigenvalue weighted by molar-refractivity contribution is -0.137. The molecule has 9 nitrogen and oxygen atoms in total. The topological polar surface area (TPSA) is 123 Å². The number of imidazole rings is 1. The van der Waals surface area contributed by atoms with E-state index in [1.807, 2.05) is 0 Å². The Hall–Kier alpha value is -3.75. The van der Waals surface area contributed by atoms with Gasteiger partial charge in [0.05, 0.1) is 29.3 Å². The van der Waals surface area contributed by atoms with Crippen LogP contribution in [-0.2, 0) is 27.9 Å². The van der Waals surface area contributed by atoms with E-state index in [4.69, 9.17) is 5.11 Å². The molecule has 2 N–H and O–H groups in total. The predicted molar refractivity (Wildman–Crippen MR) is 103 cm³/mol. The van der Waals surface area contributed by atoms with Crippen LogP contribution in [0, 0.1) is 0 Å². The summed E-state index contributed by atoms with van der Waals surface area (Å²) in [6, 6.07) is 8.01. The van der Waals surface area contributed by atoms with Gasteiger partial charge < -0.3 is 5.11 Å². The molecule has 0 bridgehead atoms. The molecule has 2 amide bonds. The molecule has 1 aromatic carbocycles. The molecule has 9 heteroatoms. The monoisotopic (exact) mass is 394 g/mol. The average Bonchev–Trinajstić information content (AvgIpc) is 2.93. The number of nitrogens with zero attached hydrogens (tertiary/aromatic N) is 3. The van der Waals surface area contributed by atoms with E-state index < -0.39 is 17.9 Å². The van der Waals surface area contributed by atoms with E-state index in [1.165, 1.54) is 9.13 Å². The summed E-state index contributed by atoms with van der Waals surface area (Å²) in [6.07, 6.45) is 1.92. The van der Waals surface area contributed by atoms with Crippen molar-refractivity contribution in [2.75, 3.05) is 0 Å². The Balaban J connectivity index is 1.75. The Kier molecular flexibility index (Phi) is 4.50. The van der Waals surface area contributed by atoms with E-state index in [0.29, 0.717) is 22.3 Å². The van der Waals surface area contributed by atoms with E-state index in [2.05, 4.69) is 10.3 Å².